The highest BCUT2D eigenvalue weighted by molar-refractivity contribution is 5.91. The number of carbonyl (C=O) groups excluding carboxylic acids is 1. The average Bonchev–Trinajstić information content (AvgIpc) is 2.30. The number of para-hydroxylation sites is 1. The molecule has 0 unspecified atom stereocenters. The second-order valence-electron chi connectivity index (χ2n) is 4.72. The van der Waals surface area contributed by atoms with E-state index in [0.717, 1.165) is 16.8 Å². The molecule has 0 fully saturated rings. The number of carboxylic acids is 1. The first-order valence-electron chi connectivity index (χ1n) is 6.28. The monoisotopic (exact) mass is 264 g/mol. The SMILES string of the molecule is Cc1cccc(C(C)C)c1NC(=O)NCCC(=O)O. The normalized spacial score (nSPS) is 10.3. The van der Waals surface area contributed by atoms with Crippen molar-refractivity contribution in [1.29, 1.82) is 0 Å². The fourth-order valence-electron chi connectivity index (χ4n) is 1.78. The van der Waals surface area contributed by atoms with Crippen LogP contribution in [0, 0.1) is 6.92 Å². The molecule has 1 rings (SSSR count). The number of benzene rings is 1. The van der Waals surface area contributed by atoms with Gasteiger partial charge in [0.15, 0.2) is 0 Å². The van der Waals surface area contributed by atoms with Crippen molar-refractivity contribution in [2.45, 2.75) is 33.1 Å². The fraction of sp³-hybridized carbons (Fsp3) is 0.429. The molecule has 19 heavy (non-hydrogen) atoms. The summed E-state index contributed by atoms with van der Waals surface area (Å²) in [4.78, 5) is 22.1. The number of hydrogen-bond donors (Lipinski definition) is 3. The van der Waals surface area contributed by atoms with Gasteiger partial charge in [-0.3, -0.25) is 4.79 Å². The number of aliphatic carboxylic acids is 1. The Morgan fingerprint density at radius 2 is 2.00 bits per heavy atom. The molecular formula is C14H20N2O3. The third kappa shape index (κ3) is 4.62. The van der Waals surface area contributed by atoms with Crippen LogP contribution in [-0.2, 0) is 4.79 Å². The molecule has 104 valence electrons. The van der Waals surface area contributed by atoms with Crippen molar-refractivity contribution in [1.82, 2.24) is 5.32 Å². The van der Waals surface area contributed by atoms with Crippen molar-refractivity contribution in [2.75, 3.05) is 11.9 Å². The maximum absolute atomic E-state index is 11.7. The Labute approximate surface area is 113 Å². The third-order valence-electron chi connectivity index (χ3n) is 2.79. The Morgan fingerprint density at radius 3 is 2.58 bits per heavy atom. The van der Waals surface area contributed by atoms with Gasteiger partial charge in [0.2, 0.25) is 0 Å². The van der Waals surface area contributed by atoms with Gasteiger partial charge in [-0.15, -0.1) is 0 Å². The van der Waals surface area contributed by atoms with Gasteiger partial charge in [0.1, 0.15) is 0 Å². The molecule has 0 saturated carbocycles. The lowest BCUT2D eigenvalue weighted by Gasteiger charge is -2.16. The molecular weight excluding hydrogens is 244 g/mol. The van der Waals surface area contributed by atoms with Gasteiger partial charge >= 0.3 is 12.0 Å². The molecule has 5 heteroatoms. The molecule has 1 aromatic rings. The molecule has 3 N–H and O–H groups in total. The highest BCUT2D eigenvalue weighted by atomic mass is 16.4. The highest BCUT2D eigenvalue weighted by Crippen LogP contribution is 2.27. The molecule has 1 aromatic carbocycles. The molecule has 0 aliphatic carbocycles. The Morgan fingerprint density at radius 1 is 1.32 bits per heavy atom. The Bertz CT molecular complexity index is 470. The van der Waals surface area contributed by atoms with Crippen molar-refractivity contribution < 1.29 is 14.7 Å². The fourth-order valence-corrected chi connectivity index (χ4v) is 1.78. The van der Waals surface area contributed by atoms with Crippen LogP contribution in [0.15, 0.2) is 18.2 Å². The molecule has 5 nitrogen and oxygen atoms in total. The first-order valence-corrected chi connectivity index (χ1v) is 6.28. The van der Waals surface area contributed by atoms with Crippen molar-refractivity contribution in [2.24, 2.45) is 0 Å². The molecule has 0 saturated heterocycles. The lowest BCUT2D eigenvalue weighted by atomic mass is 9.98. The zero-order valence-corrected chi connectivity index (χ0v) is 11.5. The molecule has 0 radical (unpaired) electrons. The number of carbonyl (C=O) groups is 2. The minimum absolute atomic E-state index is 0.0851. The number of aryl methyl sites for hydroxylation is 1. The number of amides is 2. The summed E-state index contributed by atoms with van der Waals surface area (Å²) < 4.78 is 0. The summed E-state index contributed by atoms with van der Waals surface area (Å²) in [5.74, 6) is -0.631. The maximum Gasteiger partial charge on any atom is 0.319 e. The summed E-state index contributed by atoms with van der Waals surface area (Å²) in [6.07, 6.45) is -0.0851. The zero-order chi connectivity index (χ0) is 14.4. The Kier molecular flexibility index (Phi) is 5.36. The van der Waals surface area contributed by atoms with Crippen LogP contribution in [0.2, 0.25) is 0 Å². The van der Waals surface area contributed by atoms with Crippen LogP contribution in [0.5, 0.6) is 0 Å². The van der Waals surface area contributed by atoms with Crippen molar-refractivity contribution in [3.8, 4) is 0 Å². The van der Waals surface area contributed by atoms with E-state index < -0.39 is 5.97 Å². The van der Waals surface area contributed by atoms with Gasteiger partial charge in [0, 0.05) is 12.2 Å². The van der Waals surface area contributed by atoms with E-state index in [4.69, 9.17) is 5.11 Å². The summed E-state index contributed by atoms with van der Waals surface area (Å²) >= 11 is 0. The van der Waals surface area contributed by atoms with Gasteiger partial charge in [-0.25, -0.2) is 4.79 Å². The lowest BCUT2D eigenvalue weighted by Crippen LogP contribution is -2.31. The van der Waals surface area contributed by atoms with Gasteiger partial charge in [-0.2, -0.15) is 0 Å². The predicted molar refractivity (Wildman–Crippen MR) is 74.5 cm³/mol. The smallest absolute Gasteiger partial charge is 0.319 e. The second kappa shape index (κ2) is 6.78. The highest BCUT2D eigenvalue weighted by Gasteiger charge is 2.11. The first kappa shape index (κ1) is 15.0. The molecule has 0 atom stereocenters. The number of nitrogens with one attached hydrogen (secondary N) is 2. The molecule has 0 spiro atoms. The Balaban J connectivity index is 2.71. The number of carboxylic acid groups (broad SMARTS) is 1. The van der Waals surface area contributed by atoms with E-state index in [1.807, 2.05) is 25.1 Å². The summed E-state index contributed by atoms with van der Waals surface area (Å²) in [6.45, 7) is 6.16. The quantitative estimate of drug-likeness (QED) is 0.765. The van der Waals surface area contributed by atoms with Crippen molar-refractivity contribution in [3.63, 3.8) is 0 Å². The Hall–Kier alpha value is -2.04. The number of hydrogen-bond acceptors (Lipinski definition) is 2. The van der Waals surface area contributed by atoms with E-state index in [0.29, 0.717) is 5.92 Å². The molecule has 0 aliphatic rings. The summed E-state index contributed by atoms with van der Waals surface area (Å²) in [5.41, 5.74) is 2.85. The average molecular weight is 264 g/mol. The molecule has 0 bridgehead atoms. The predicted octanol–water partition coefficient (Wildman–Crippen LogP) is 2.71. The van der Waals surface area contributed by atoms with E-state index in [2.05, 4.69) is 24.5 Å². The van der Waals surface area contributed by atoms with Crippen molar-refractivity contribution in [3.05, 3.63) is 29.3 Å². The second-order valence-corrected chi connectivity index (χ2v) is 4.72. The number of anilines is 1. The summed E-state index contributed by atoms with van der Waals surface area (Å²) in [7, 11) is 0. The van der Waals surface area contributed by atoms with E-state index in [1.165, 1.54) is 0 Å². The number of urea groups is 1. The summed E-state index contributed by atoms with van der Waals surface area (Å²) in [6, 6.07) is 5.49. The van der Waals surface area contributed by atoms with Gasteiger partial charge in [0.25, 0.3) is 0 Å². The standard InChI is InChI=1S/C14H20N2O3/c1-9(2)11-6-4-5-10(3)13(11)16-14(19)15-8-7-12(17)18/h4-6,9H,7-8H2,1-3H3,(H,17,18)(H2,15,16,19). The van der Waals surface area contributed by atoms with Crippen LogP contribution in [0.25, 0.3) is 0 Å². The topological polar surface area (TPSA) is 78.4 Å². The van der Waals surface area contributed by atoms with Crippen LogP contribution < -0.4 is 10.6 Å². The minimum atomic E-state index is -0.931. The van der Waals surface area contributed by atoms with Gasteiger partial charge in [0.05, 0.1) is 6.42 Å². The molecule has 0 aromatic heterocycles. The summed E-state index contributed by atoms with van der Waals surface area (Å²) in [5, 5.41) is 13.8. The van der Waals surface area contributed by atoms with E-state index in [1.54, 1.807) is 0 Å². The van der Waals surface area contributed by atoms with E-state index >= 15 is 0 Å². The lowest BCUT2D eigenvalue weighted by molar-refractivity contribution is -0.136. The number of rotatable bonds is 5. The van der Waals surface area contributed by atoms with E-state index in [9.17, 15) is 9.59 Å². The van der Waals surface area contributed by atoms with Crippen LogP contribution in [-0.4, -0.2) is 23.7 Å². The molecule has 0 aliphatic heterocycles. The van der Waals surface area contributed by atoms with Crippen LogP contribution in [0.3, 0.4) is 0 Å². The zero-order valence-electron chi connectivity index (χ0n) is 11.5. The molecule has 0 heterocycles. The van der Waals surface area contributed by atoms with Gasteiger partial charge in [-0.1, -0.05) is 32.0 Å². The molecule has 2 amide bonds. The van der Waals surface area contributed by atoms with E-state index in [-0.39, 0.29) is 19.0 Å². The first-order chi connectivity index (χ1) is 8.91. The minimum Gasteiger partial charge on any atom is -0.481 e. The largest absolute Gasteiger partial charge is 0.481 e. The van der Waals surface area contributed by atoms with Crippen LogP contribution >= 0.6 is 0 Å². The third-order valence-corrected chi connectivity index (χ3v) is 2.79. The van der Waals surface area contributed by atoms with Crippen molar-refractivity contribution >= 4 is 17.7 Å². The maximum atomic E-state index is 11.7. The van der Waals surface area contributed by atoms with Crippen LogP contribution in [0.1, 0.15) is 37.3 Å². The van der Waals surface area contributed by atoms with Gasteiger partial charge in [-0.05, 0) is 24.0 Å². The van der Waals surface area contributed by atoms with Crippen LogP contribution in [0.4, 0.5) is 10.5 Å². The van der Waals surface area contributed by atoms with Gasteiger partial charge < -0.3 is 15.7 Å².